The van der Waals surface area contributed by atoms with E-state index in [1.54, 1.807) is 0 Å². The summed E-state index contributed by atoms with van der Waals surface area (Å²) in [4.78, 5) is 2.56. The van der Waals surface area contributed by atoms with Gasteiger partial charge >= 0.3 is 0 Å². The summed E-state index contributed by atoms with van der Waals surface area (Å²) in [5.74, 6) is 0. The molecule has 0 aliphatic carbocycles. The molecule has 0 spiro atoms. The van der Waals surface area contributed by atoms with Gasteiger partial charge in [0.25, 0.3) is 0 Å². The van der Waals surface area contributed by atoms with Crippen molar-refractivity contribution in [3.8, 4) is 0 Å². The summed E-state index contributed by atoms with van der Waals surface area (Å²) in [5, 5.41) is 0. The highest BCUT2D eigenvalue weighted by molar-refractivity contribution is 5.35. The van der Waals surface area contributed by atoms with E-state index in [4.69, 9.17) is 5.73 Å². The van der Waals surface area contributed by atoms with Crippen LogP contribution in [0, 0.1) is 13.8 Å². The molecule has 18 heavy (non-hydrogen) atoms. The number of benzene rings is 1. The Morgan fingerprint density at radius 1 is 1.22 bits per heavy atom. The second-order valence-electron chi connectivity index (χ2n) is 6.62. The summed E-state index contributed by atoms with van der Waals surface area (Å²) in [7, 11) is 0. The lowest BCUT2D eigenvalue weighted by Crippen LogP contribution is -2.43. The normalized spacial score (nSPS) is 25.7. The SMILES string of the molecule is Cc1ccc(C)c(C2C(N)CCN2C(C)(C)C)c1. The molecule has 0 saturated carbocycles. The molecule has 0 bridgehead atoms. The Hall–Kier alpha value is -0.860. The minimum absolute atomic E-state index is 0.176. The Morgan fingerprint density at radius 2 is 1.89 bits per heavy atom. The first-order valence-electron chi connectivity index (χ1n) is 6.90. The van der Waals surface area contributed by atoms with Crippen molar-refractivity contribution < 1.29 is 0 Å². The number of nitrogens with two attached hydrogens (primary N) is 1. The highest BCUT2D eigenvalue weighted by atomic mass is 15.3. The molecule has 1 aromatic rings. The fourth-order valence-electron chi connectivity index (χ4n) is 3.05. The fourth-order valence-corrected chi connectivity index (χ4v) is 3.05. The first kappa shape index (κ1) is 13.6. The van der Waals surface area contributed by atoms with Crippen LogP contribution in [0.15, 0.2) is 18.2 Å². The van der Waals surface area contributed by atoms with Crippen LogP contribution in [0.25, 0.3) is 0 Å². The molecule has 2 rings (SSSR count). The van der Waals surface area contributed by atoms with Gasteiger partial charge in [0.15, 0.2) is 0 Å². The first-order valence-corrected chi connectivity index (χ1v) is 6.90. The van der Waals surface area contributed by atoms with Gasteiger partial charge in [-0.2, -0.15) is 0 Å². The van der Waals surface area contributed by atoms with E-state index >= 15 is 0 Å². The van der Waals surface area contributed by atoms with Gasteiger partial charge in [0.1, 0.15) is 0 Å². The molecule has 1 saturated heterocycles. The van der Waals surface area contributed by atoms with Gasteiger partial charge in [-0.25, -0.2) is 0 Å². The van der Waals surface area contributed by atoms with Crippen LogP contribution in [0.4, 0.5) is 0 Å². The zero-order chi connectivity index (χ0) is 13.5. The zero-order valence-corrected chi connectivity index (χ0v) is 12.3. The topological polar surface area (TPSA) is 29.3 Å². The number of likely N-dealkylation sites (tertiary alicyclic amines) is 1. The predicted molar refractivity (Wildman–Crippen MR) is 77.7 cm³/mol. The molecule has 1 fully saturated rings. The van der Waals surface area contributed by atoms with Gasteiger partial charge < -0.3 is 5.73 Å². The summed E-state index contributed by atoms with van der Waals surface area (Å²) in [6.45, 7) is 12.3. The van der Waals surface area contributed by atoms with E-state index in [2.05, 4.69) is 57.7 Å². The third-order valence-electron chi connectivity index (χ3n) is 4.06. The zero-order valence-electron chi connectivity index (χ0n) is 12.3. The van der Waals surface area contributed by atoms with E-state index in [1.165, 1.54) is 16.7 Å². The second kappa shape index (κ2) is 4.67. The number of aryl methyl sites for hydroxylation is 2. The van der Waals surface area contributed by atoms with Crippen molar-refractivity contribution >= 4 is 0 Å². The molecular weight excluding hydrogens is 220 g/mol. The molecule has 0 radical (unpaired) electrons. The van der Waals surface area contributed by atoms with Crippen LogP contribution in [-0.4, -0.2) is 23.0 Å². The van der Waals surface area contributed by atoms with Gasteiger partial charge in [-0.05, 0) is 52.2 Å². The average molecular weight is 246 g/mol. The quantitative estimate of drug-likeness (QED) is 0.824. The Balaban J connectivity index is 2.43. The third-order valence-corrected chi connectivity index (χ3v) is 4.06. The van der Waals surface area contributed by atoms with Crippen LogP contribution in [0.5, 0.6) is 0 Å². The lowest BCUT2D eigenvalue weighted by atomic mass is 9.92. The highest BCUT2D eigenvalue weighted by Crippen LogP contribution is 2.38. The van der Waals surface area contributed by atoms with Crippen LogP contribution in [0.2, 0.25) is 0 Å². The van der Waals surface area contributed by atoms with Crippen LogP contribution in [0.1, 0.15) is 49.9 Å². The first-order chi connectivity index (χ1) is 8.30. The molecule has 2 unspecified atom stereocenters. The van der Waals surface area contributed by atoms with Gasteiger partial charge in [0.2, 0.25) is 0 Å². The smallest absolute Gasteiger partial charge is 0.0507 e. The predicted octanol–water partition coefficient (Wildman–Crippen LogP) is 3.18. The molecule has 1 heterocycles. The van der Waals surface area contributed by atoms with E-state index in [9.17, 15) is 0 Å². The summed E-state index contributed by atoms with van der Waals surface area (Å²) in [6.07, 6.45) is 1.09. The van der Waals surface area contributed by atoms with Crippen LogP contribution < -0.4 is 5.73 Å². The lowest BCUT2D eigenvalue weighted by molar-refractivity contribution is 0.116. The van der Waals surface area contributed by atoms with E-state index in [0.717, 1.165) is 13.0 Å². The van der Waals surface area contributed by atoms with Crippen LogP contribution >= 0.6 is 0 Å². The Bertz CT molecular complexity index is 431. The Labute approximate surface area is 111 Å². The maximum absolute atomic E-state index is 6.38. The average Bonchev–Trinajstić information content (AvgIpc) is 2.63. The van der Waals surface area contributed by atoms with Crippen LogP contribution in [0.3, 0.4) is 0 Å². The maximum atomic E-state index is 6.38. The summed E-state index contributed by atoms with van der Waals surface area (Å²) in [5.41, 5.74) is 10.6. The Kier molecular flexibility index (Phi) is 3.52. The molecule has 100 valence electrons. The van der Waals surface area contributed by atoms with Gasteiger partial charge in [-0.15, -0.1) is 0 Å². The number of rotatable bonds is 1. The Morgan fingerprint density at radius 3 is 2.50 bits per heavy atom. The van der Waals surface area contributed by atoms with Crippen molar-refractivity contribution in [3.05, 3.63) is 34.9 Å². The van der Waals surface area contributed by atoms with Gasteiger partial charge in [0.05, 0.1) is 6.04 Å². The van der Waals surface area contributed by atoms with Crippen molar-refractivity contribution in [1.82, 2.24) is 4.90 Å². The molecule has 2 nitrogen and oxygen atoms in total. The van der Waals surface area contributed by atoms with Gasteiger partial charge in [0, 0.05) is 18.1 Å². The van der Waals surface area contributed by atoms with E-state index < -0.39 is 0 Å². The van der Waals surface area contributed by atoms with E-state index in [-0.39, 0.29) is 11.6 Å². The summed E-state index contributed by atoms with van der Waals surface area (Å²) >= 11 is 0. The van der Waals surface area contributed by atoms with Gasteiger partial charge in [-0.3, -0.25) is 4.90 Å². The van der Waals surface area contributed by atoms with E-state index in [1.807, 2.05) is 0 Å². The molecule has 2 atom stereocenters. The largest absolute Gasteiger partial charge is 0.326 e. The molecule has 0 amide bonds. The van der Waals surface area contributed by atoms with Crippen LogP contribution in [-0.2, 0) is 0 Å². The number of hydrogen-bond acceptors (Lipinski definition) is 2. The number of hydrogen-bond donors (Lipinski definition) is 1. The van der Waals surface area contributed by atoms with Crippen molar-refractivity contribution in [2.75, 3.05) is 6.54 Å². The third kappa shape index (κ3) is 2.45. The molecule has 1 aliphatic rings. The monoisotopic (exact) mass is 246 g/mol. The standard InChI is InChI=1S/C16H26N2/c1-11-6-7-12(2)13(10-11)15-14(17)8-9-18(15)16(3,4)5/h6-7,10,14-15H,8-9,17H2,1-5H3. The number of nitrogens with zero attached hydrogens (tertiary/aromatic N) is 1. The second-order valence-corrected chi connectivity index (χ2v) is 6.62. The maximum Gasteiger partial charge on any atom is 0.0507 e. The van der Waals surface area contributed by atoms with E-state index in [0.29, 0.717) is 6.04 Å². The van der Waals surface area contributed by atoms with Crippen molar-refractivity contribution in [3.63, 3.8) is 0 Å². The molecule has 0 aromatic heterocycles. The van der Waals surface area contributed by atoms with Gasteiger partial charge in [-0.1, -0.05) is 23.8 Å². The molecule has 2 heteroatoms. The van der Waals surface area contributed by atoms with Crippen molar-refractivity contribution in [2.45, 2.75) is 58.7 Å². The lowest BCUT2D eigenvalue weighted by Gasteiger charge is -2.39. The molecular formula is C16H26N2. The summed E-state index contributed by atoms with van der Waals surface area (Å²) < 4.78 is 0. The molecule has 2 N–H and O–H groups in total. The van der Waals surface area contributed by atoms with Crippen molar-refractivity contribution in [2.24, 2.45) is 5.73 Å². The molecule has 1 aromatic carbocycles. The minimum atomic E-state index is 0.176. The fraction of sp³-hybridized carbons (Fsp3) is 0.625. The minimum Gasteiger partial charge on any atom is -0.326 e. The van der Waals surface area contributed by atoms with Crippen molar-refractivity contribution in [1.29, 1.82) is 0 Å². The summed E-state index contributed by atoms with van der Waals surface area (Å²) in [6, 6.07) is 7.33. The molecule has 1 aliphatic heterocycles. The highest BCUT2D eigenvalue weighted by Gasteiger charge is 2.39.